The van der Waals surface area contributed by atoms with Crippen molar-refractivity contribution in [3.63, 3.8) is 0 Å². The number of carbonyl (C=O) groups excluding carboxylic acids is 2. The predicted molar refractivity (Wildman–Crippen MR) is 150 cm³/mol. The van der Waals surface area contributed by atoms with Crippen LogP contribution in [-0.4, -0.2) is 18.5 Å². The molecule has 2 unspecified atom stereocenters. The molecule has 0 aliphatic heterocycles. The summed E-state index contributed by atoms with van der Waals surface area (Å²) in [5.41, 5.74) is 2.93. The van der Waals surface area contributed by atoms with Crippen LogP contribution in [0.4, 0.5) is 5.00 Å². The van der Waals surface area contributed by atoms with Crippen molar-refractivity contribution in [2.45, 2.75) is 63.5 Å². The number of benzene rings is 2. The summed E-state index contributed by atoms with van der Waals surface area (Å²) in [6.45, 7) is 8.96. The maximum atomic E-state index is 13.4. The Balaban J connectivity index is 1.58. The van der Waals surface area contributed by atoms with Crippen molar-refractivity contribution in [3.8, 4) is 0 Å². The zero-order valence-corrected chi connectivity index (χ0v) is 23.1. The van der Waals surface area contributed by atoms with Gasteiger partial charge in [-0.25, -0.2) is 4.79 Å². The number of amides is 1. The van der Waals surface area contributed by atoms with Crippen molar-refractivity contribution < 1.29 is 14.3 Å². The normalized spacial score (nSPS) is 16.2. The van der Waals surface area contributed by atoms with Gasteiger partial charge in [0.25, 0.3) is 0 Å². The van der Waals surface area contributed by atoms with Gasteiger partial charge in [0, 0.05) is 21.4 Å². The number of anilines is 1. The van der Waals surface area contributed by atoms with Crippen LogP contribution in [0.25, 0.3) is 0 Å². The van der Waals surface area contributed by atoms with Gasteiger partial charge in [-0.1, -0.05) is 69.3 Å². The van der Waals surface area contributed by atoms with Gasteiger partial charge in [-0.2, -0.15) is 0 Å². The van der Waals surface area contributed by atoms with E-state index in [0.29, 0.717) is 29.5 Å². The molecule has 190 valence electrons. The molecule has 0 spiro atoms. The first kappa shape index (κ1) is 26.5. The van der Waals surface area contributed by atoms with Crippen molar-refractivity contribution in [2.24, 2.45) is 11.3 Å². The quantitative estimate of drug-likeness (QED) is 0.241. The molecular weight excluding hydrogens is 486 g/mol. The summed E-state index contributed by atoms with van der Waals surface area (Å²) in [5.74, 6) is 0.119. The van der Waals surface area contributed by atoms with Crippen LogP contribution in [-0.2, 0) is 22.4 Å². The topological polar surface area (TPSA) is 55.4 Å². The minimum atomic E-state index is -0.335. The zero-order valence-electron chi connectivity index (χ0n) is 21.5. The van der Waals surface area contributed by atoms with Crippen molar-refractivity contribution in [1.29, 1.82) is 0 Å². The summed E-state index contributed by atoms with van der Waals surface area (Å²) in [7, 11) is 0. The standard InChI is InChI=1S/C30H35NO3S2/c1-5-34-29(33)27-23-17-16-21(30(2,3)4)18-25(23)36-28(27)31-26(32)19-24(20-12-8-6-9-13-20)35-22-14-10-7-11-15-22/h6-15,21,24H,5,16-19H2,1-4H3,(H,31,32). The van der Waals surface area contributed by atoms with Gasteiger partial charge in [0.15, 0.2) is 0 Å². The molecule has 36 heavy (non-hydrogen) atoms. The first-order chi connectivity index (χ1) is 17.3. The van der Waals surface area contributed by atoms with Gasteiger partial charge < -0.3 is 10.1 Å². The molecule has 1 aliphatic carbocycles. The molecule has 0 fully saturated rings. The van der Waals surface area contributed by atoms with E-state index in [2.05, 4.69) is 50.4 Å². The molecule has 0 radical (unpaired) electrons. The molecule has 3 aromatic rings. The van der Waals surface area contributed by atoms with Crippen molar-refractivity contribution >= 4 is 40.0 Å². The summed E-state index contributed by atoms with van der Waals surface area (Å²) in [4.78, 5) is 28.7. The van der Waals surface area contributed by atoms with Gasteiger partial charge in [0.05, 0.1) is 12.2 Å². The predicted octanol–water partition coefficient (Wildman–Crippen LogP) is 7.94. The minimum absolute atomic E-state index is 0.0421. The molecule has 0 bridgehead atoms. The number of hydrogen-bond donors (Lipinski definition) is 1. The lowest BCUT2D eigenvalue weighted by Crippen LogP contribution is -2.26. The lowest BCUT2D eigenvalue weighted by Gasteiger charge is -2.33. The van der Waals surface area contributed by atoms with Crippen LogP contribution in [0.3, 0.4) is 0 Å². The van der Waals surface area contributed by atoms with E-state index < -0.39 is 0 Å². The Morgan fingerprint density at radius 2 is 1.75 bits per heavy atom. The van der Waals surface area contributed by atoms with Gasteiger partial charge in [-0.3, -0.25) is 4.79 Å². The molecule has 1 heterocycles. The Labute approximate surface area is 222 Å². The highest BCUT2D eigenvalue weighted by Crippen LogP contribution is 2.45. The number of nitrogens with one attached hydrogen (secondary N) is 1. The molecule has 1 N–H and O–H groups in total. The van der Waals surface area contributed by atoms with E-state index in [1.54, 1.807) is 23.1 Å². The molecular formula is C30H35NO3S2. The summed E-state index contributed by atoms with van der Waals surface area (Å²) in [6, 6.07) is 20.3. The molecule has 2 atom stereocenters. The highest BCUT2D eigenvalue weighted by atomic mass is 32.2. The number of ether oxygens (including phenoxy) is 1. The smallest absolute Gasteiger partial charge is 0.341 e. The molecule has 0 saturated carbocycles. The second-order valence-electron chi connectivity index (χ2n) is 10.3. The molecule has 2 aromatic carbocycles. The van der Waals surface area contributed by atoms with E-state index in [1.165, 1.54) is 4.88 Å². The lowest BCUT2D eigenvalue weighted by atomic mass is 9.72. The molecule has 1 aromatic heterocycles. The van der Waals surface area contributed by atoms with Crippen LogP contribution in [0.5, 0.6) is 0 Å². The van der Waals surface area contributed by atoms with Crippen LogP contribution in [0.15, 0.2) is 65.6 Å². The number of fused-ring (bicyclic) bond motifs is 1. The van der Waals surface area contributed by atoms with Gasteiger partial charge in [-0.05, 0) is 60.8 Å². The highest BCUT2D eigenvalue weighted by molar-refractivity contribution is 7.99. The largest absolute Gasteiger partial charge is 0.462 e. The minimum Gasteiger partial charge on any atom is -0.462 e. The van der Waals surface area contributed by atoms with Crippen LogP contribution in [0.1, 0.15) is 72.1 Å². The number of esters is 1. The van der Waals surface area contributed by atoms with Crippen LogP contribution < -0.4 is 5.32 Å². The Kier molecular flexibility index (Phi) is 8.58. The van der Waals surface area contributed by atoms with Crippen molar-refractivity contribution in [3.05, 3.63) is 82.2 Å². The number of rotatable bonds is 8. The molecule has 4 rings (SSSR count). The van der Waals surface area contributed by atoms with Crippen LogP contribution in [0.2, 0.25) is 0 Å². The second kappa shape index (κ2) is 11.7. The van der Waals surface area contributed by atoms with E-state index in [9.17, 15) is 9.59 Å². The Bertz CT molecular complexity index is 1180. The summed E-state index contributed by atoms with van der Waals surface area (Å²) < 4.78 is 5.41. The number of thioether (sulfide) groups is 1. The fourth-order valence-corrected chi connectivity index (χ4v) is 7.24. The first-order valence-corrected chi connectivity index (χ1v) is 14.3. The maximum absolute atomic E-state index is 13.4. The van der Waals surface area contributed by atoms with E-state index in [-0.39, 0.29) is 22.5 Å². The van der Waals surface area contributed by atoms with Crippen molar-refractivity contribution in [2.75, 3.05) is 11.9 Å². The molecule has 6 heteroatoms. The SMILES string of the molecule is CCOC(=O)c1c(NC(=O)CC(Sc2ccccc2)c2ccccc2)sc2c1CCC(C(C)(C)C)C2. The maximum Gasteiger partial charge on any atom is 0.341 e. The van der Waals surface area contributed by atoms with E-state index in [1.807, 2.05) is 43.3 Å². The average Bonchev–Trinajstić information content (AvgIpc) is 3.21. The first-order valence-electron chi connectivity index (χ1n) is 12.6. The fraction of sp³-hybridized carbons (Fsp3) is 0.400. The van der Waals surface area contributed by atoms with Gasteiger partial charge in [0.1, 0.15) is 5.00 Å². The Morgan fingerprint density at radius 1 is 1.08 bits per heavy atom. The van der Waals surface area contributed by atoms with Gasteiger partial charge >= 0.3 is 5.97 Å². The second-order valence-corrected chi connectivity index (χ2v) is 12.7. The molecule has 0 saturated heterocycles. The highest BCUT2D eigenvalue weighted by Gasteiger charge is 2.34. The molecule has 4 nitrogen and oxygen atoms in total. The summed E-state index contributed by atoms with van der Waals surface area (Å²) in [5, 5.41) is 3.70. The monoisotopic (exact) mass is 521 g/mol. The van der Waals surface area contributed by atoms with E-state index >= 15 is 0 Å². The van der Waals surface area contributed by atoms with Gasteiger partial charge in [0.2, 0.25) is 5.91 Å². The third-order valence-corrected chi connectivity index (χ3v) is 9.22. The summed E-state index contributed by atoms with van der Waals surface area (Å²) >= 11 is 3.23. The van der Waals surface area contributed by atoms with Crippen LogP contribution in [0, 0.1) is 11.3 Å². The fourth-order valence-electron chi connectivity index (χ4n) is 4.74. The third-order valence-electron chi connectivity index (χ3n) is 6.79. The van der Waals surface area contributed by atoms with Gasteiger partial charge in [-0.15, -0.1) is 23.1 Å². The third kappa shape index (κ3) is 6.40. The molecule has 1 aliphatic rings. The van der Waals surface area contributed by atoms with E-state index in [0.717, 1.165) is 35.3 Å². The Hall–Kier alpha value is -2.57. The number of carbonyl (C=O) groups is 2. The average molecular weight is 522 g/mol. The van der Waals surface area contributed by atoms with Crippen molar-refractivity contribution in [1.82, 2.24) is 0 Å². The number of hydrogen-bond acceptors (Lipinski definition) is 5. The molecule has 1 amide bonds. The Morgan fingerprint density at radius 3 is 2.39 bits per heavy atom. The zero-order chi connectivity index (χ0) is 25.7. The lowest BCUT2D eigenvalue weighted by molar-refractivity contribution is -0.116. The number of thiophene rings is 1. The summed E-state index contributed by atoms with van der Waals surface area (Å²) in [6.07, 6.45) is 3.12. The van der Waals surface area contributed by atoms with E-state index in [4.69, 9.17) is 4.74 Å². The van der Waals surface area contributed by atoms with Crippen LogP contribution >= 0.6 is 23.1 Å².